The van der Waals surface area contributed by atoms with Gasteiger partial charge in [-0.25, -0.2) is 4.98 Å². The Morgan fingerprint density at radius 3 is 2.74 bits per heavy atom. The predicted molar refractivity (Wildman–Crippen MR) is 112 cm³/mol. The summed E-state index contributed by atoms with van der Waals surface area (Å²) in [5, 5.41) is 1.01. The summed E-state index contributed by atoms with van der Waals surface area (Å²) < 4.78 is 5.49. The molecule has 2 aromatic carbocycles. The third-order valence-electron chi connectivity index (χ3n) is 4.79. The van der Waals surface area contributed by atoms with Crippen LogP contribution in [-0.4, -0.2) is 23.3 Å². The SMILES string of the molecule is COc1ccccc1N1C(=O)[C@@H](C)S[C@H]1c1cc2cccc(C)c2nc1Cl. The largest absolute Gasteiger partial charge is 0.495 e. The second kappa shape index (κ2) is 7.06. The lowest BCUT2D eigenvalue weighted by molar-refractivity contribution is -0.117. The Bertz CT molecular complexity index is 1040. The van der Waals surface area contributed by atoms with E-state index in [1.54, 1.807) is 23.8 Å². The molecule has 0 spiro atoms. The quantitative estimate of drug-likeness (QED) is 0.556. The molecule has 0 radical (unpaired) electrons. The number of nitrogens with zero attached hydrogens (tertiary/aromatic N) is 2. The highest BCUT2D eigenvalue weighted by Gasteiger charge is 2.41. The van der Waals surface area contributed by atoms with Crippen LogP contribution in [0.25, 0.3) is 10.9 Å². The molecule has 6 heteroatoms. The van der Waals surface area contributed by atoms with Crippen molar-refractivity contribution in [2.24, 2.45) is 0 Å². The van der Waals surface area contributed by atoms with Crippen LogP contribution in [0.1, 0.15) is 23.4 Å². The maximum atomic E-state index is 13.0. The van der Waals surface area contributed by atoms with Gasteiger partial charge in [0.05, 0.1) is 23.6 Å². The number of carbonyl (C=O) groups is 1. The molecule has 0 aliphatic carbocycles. The van der Waals surface area contributed by atoms with E-state index in [4.69, 9.17) is 16.3 Å². The number of halogens is 1. The van der Waals surface area contributed by atoms with E-state index in [1.165, 1.54) is 0 Å². The zero-order valence-corrected chi connectivity index (χ0v) is 16.8. The standard InChI is InChI=1S/C21H19ClN2O2S/c1-12-7-6-8-14-11-15(19(22)23-18(12)14)21-24(20(25)13(2)27-21)16-9-4-5-10-17(16)26-3/h4-11,13,21H,1-3H3/t13-,21+/m1/s1. The van der Waals surface area contributed by atoms with Crippen molar-refractivity contribution in [3.05, 3.63) is 64.8 Å². The fraction of sp³-hybridized carbons (Fsp3) is 0.238. The Morgan fingerprint density at radius 1 is 1.19 bits per heavy atom. The highest BCUT2D eigenvalue weighted by atomic mass is 35.5. The van der Waals surface area contributed by atoms with Gasteiger partial charge in [0, 0.05) is 10.9 Å². The number of pyridine rings is 1. The summed E-state index contributed by atoms with van der Waals surface area (Å²) in [7, 11) is 1.61. The van der Waals surface area contributed by atoms with Crippen LogP contribution in [0.15, 0.2) is 48.5 Å². The number of fused-ring (bicyclic) bond motifs is 1. The van der Waals surface area contributed by atoms with Crippen LogP contribution in [0.3, 0.4) is 0 Å². The van der Waals surface area contributed by atoms with Crippen molar-refractivity contribution >= 4 is 45.9 Å². The van der Waals surface area contributed by atoms with Gasteiger partial charge in [-0.3, -0.25) is 9.69 Å². The van der Waals surface area contributed by atoms with Crippen LogP contribution in [0, 0.1) is 6.92 Å². The molecule has 0 N–H and O–H groups in total. The van der Waals surface area contributed by atoms with Gasteiger partial charge in [0.15, 0.2) is 0 Å². The van der Waals surface area contributed by atoms with Crippen molar-refractivity contribution in [3.8, 4) is 5.75 Å². The van der Waals surface area contributed by atoms with Crippen molar-refractivity contribution in [2.45, 2.75) is 24.5 Å². The highest BCUT2D eigenvalue weighted by Crippen LogP contribution is 2.49. The van der Waals surface area contributed by atoms with Gasteiger partial charge in [0.2, 0.25) is 5.91 Å². The first-order chi connectivity index (χ1) is 13.0. The summed E-state index contributed by atoms with van der Waals surface area (Å²) >= 11 is 8.16. The molecule has 1 amide bonds. The monoisotopic (exact) mass is 398 g/mol. The number of benzene rings is 2. The van der Waals surface area contributed by atoms with E-state index in [0.717, 1.165) is 27.7 Å². The topological polar surface area (TPSA) is 42.4 Å². The Balaban J connectivity index is 1.88. The molecule has 4 nitrogen and oxygen atoms in total. The molecule has 1 fully saturated rings. The van der Waals surface area contributed by atoms with Crippen LogP contribution < -0.4 is 9.64 Å². The smallest absolute Gasteiger partial charge is 0.241 e. The zero-order chi connectivity index (χ0) is 19.1. The van der Waals surface area contributed by atoms with Crippen LogP contribution in [0.4, 0.5) is 5.69 Å². The number of aryl methyl sites for hydroxylation is 1. The molecule has 2 heterocycles. The lowest BCUT2D eigenvalue weighted by Crippen LogP contribution is -2.30. The number of carbonyl (C=O) groups excluding carboxylic acids is 1. The molecule has 1 saturated heterocycles. The van der Waals surface area contributed by atoms with Crippen LogP contribution in [-0.2, 0) is 4.79 Å². The predicted octanol–water partition coefficient (Wildman–Crippen LogP) is 5.37. The van der Waals surface area contributed by atoms with Gasteiger partial charge in [-0.15, -0.1) is 11.8 Å². The van der Waals surface area contributed by atoms with E-state index in [-0.39, 0.29) is 16.5 Å². The van der Waals surface area contributed by atoms with E-state index in [0.29, 0.717) is 10.9 Å². The third-order valence-corrected chi connectivity index (χ3v) is 6.43. The number of aromatic nitrogens is 1. The van der Waals surface area contributed by atoms with Crippen LogP contribution >= 0.6 is 23.4 Å². The molecule has 4 rings (SSSR count). The average Bonchev–Trinajstić information content (AvgIpc) is 2.96. The molecule has 138 valence electrons. The maximum absolute atomic E-state index is 13.0. The molecule has 0 unspecified atom stereocenters. The number of amides is 1. The molecule has 0 saturated carbocycles. The summed E-state index contributed by atoms with van der Waals surface area (Å²) in [4.78, 5) is 19.4. The second-order valence-electron chi connectivity index (χ2n) is 6.53. The molecular formula is C21H19ClN2O2S. The minimum Gasteiger partial charge on any atom is -0.495 e. The van der Waals surface area contributed by atoms with E-state index in [2.05, 4.69) is 4.98 Å². The molecule has 1 aliphatic rings. The van der Waals surface area contributed by atoms with Gasteiger partial charge in [0.1, 0.15) is 16.3 Å². The maximum Gasteiger partial charge on any atom is 0.241 e. The van der Waals surface area contributed by atoms with Crippen molar-refractivity contribution in [3.63, 3.8) is 0 Å². The van der Waals surface area contributed by atoms with Gasteiger partial charge in [-0.1, -0.05) is 41.9 Å². The summed E-state index contributed by atoms with van der Waals surface area (Å²) in [6, 6.07) is 15.6. The van der Waals surface area contributed by atoms with Gasteiger partial charge in [0.25, 0.3) is 0 Å². The average molecular weight is 399 g/mol. The minimum absolute atomic E-state index is 0.0369. The number of rotatable bonds is 3. The molecule has 3 aromatic rings. The number of thioether (sulfide) groups is 1. The summed E-state index contributed by atoms with van der Waals surface area (Å²) in [6.07, 6.45) is 0. The molecule has 2 atom stereocenters. The number of para-hydroxylation sites is 3. The Morgan fingerprint density at radius 2 is 1.96 bits per heavy atom. The number of methoxy groups -OCH3 is 1. The molecule has 27 heavy (non-hydrogen) atoms. The minimum atomic E-state index is -0.256. The van der Waals surface area contributed by atoms with Gasteiger partial charge in [-0.05, 0) is 37.6 Å². The summed E-state index contributed by atoms with van der Waals surface area (Å²) in [5.41, 5.74) is 3.54. The number of hydrogen-bond donors (Lipinski definition) is 0. The van der Waals surface area contributed by atoms with Crippen molar-refractivity contribution in [1.82, 2.24) is 4.98 Å². The first-order valence-corrected chi connectivity index (χ1v) is 10.0. The Labute approximate surface area is 167 Å². The fourth-order valence-corrected chi connectivity index (χ4v) is 5.01. The van der Waals surface area contributed by atoms with E-state index in [1.807, 2.05) is 62.4 Å². The Kier molecular flexibility index (Phi) is 4.74. The highest BCUT2D eigenvalue weighted by molar-refractivity contribution is 8.01. The molecule has 1 aromatic heterocycles. The zero-order valence-electron chi connectivity index (χ0n) is 15.3. The van der Waals surface area contributed by atoms with Gasteiger partial charge in [-0.2, -0.15) is 0 Å². The third kappa shape index (κ3) is 3.05. The normalized spacial score (nSPS) is 19.7. The molecule has 0 bridgehead atoms. The van der Waals surface area contributed by atoms with Crippen molar-refractivity contribution in [2.75, 3.05) is 12.0 Å². The lowest BCUT2D eigenvalue weighted by Gasteiger charge is -2.26. The van der Waals surface area contributed by atoms with Gasteiger partial charge >= 0.3 is 0 Å². The van der Waals surface area contributed by atoms with Crippen molar-refractivity contribution in [1.29, 1.82) is 0 Å². The van der Waals surface area contributed by atoms with E-state index in [9.17, 15) is 4.79 Å². The summed E-state index contributed by atoms with van der Waals surface area (Å²) in [5.74, 6) is 0.696. The first-order valence-electron chi connectivity index (χ1n) is 8.68. The number of anilines is 1. The first kappa shape index (κ1) is 18.1. The van der Waals surface area contributed by atoms with Crippen LogP contribution in [0.5, 0.6) is 5.75 Å². The Hall–Kier alpha value is -2.24. The number of hydrogen-bond acceptors (Lipinski definition) is 4. The van der Waals surface area contributed by atoms with Gasteiger partial charge < -0.3 is 4.74 Å². The van der Waals surface area contributed by atoms with E-state index < -0.39 is 0 Å². The fourth-order valence-electron chi connectivity index (χ4n) is 3.42. The molecule has 1 aliphatic heterocycles. The second-order valence-corrected chi connectivity index (χ2v) is 8.31. The van der Waals surface area contributed by atoms with Crippen molar-refractivity contribution < 1.29 is 9.53 Å². The lowest BCUT2D eigenvalue weighted by atomic mass is 10.1. The molecular weight excluding hydrogens is 380 g/mol. The van der Waals surface area contributed by atoms with E-state index >= 15 is 0 Å². The number of ether oxygens (including phenoxy) is 1. The summed E-state index contributed by atoms with van der Waals surface area (Å²) in [6.45, 7) is 3.93. The van der Waals surface area contributed by atoms with Crippen LogP contribution in [0.2, 0.25) is 5.15 Å².